The summed E-state index contributed by atoms with van der Waals surface area (Å²) in [5.41, 5.74) is 3.56. The number of benzene rings is 3. The average Bonchev–Trinajstić information content (AvgIpc) is 2.87. The minimum absolute atomic E-state index is 0.190. The van der Waals surface area contributed by atoms with E-state index < -0.39 is 0 Å². The van der Waals surface area contributed by atoms with Crippen molar-refractivity contribution < 1.29 is 19.1 Å². The van der Waals surface area contributed by atoms with Gasteiger partial charge in [0.25, 0.3) is 11.8 Å². The van der Waals surface area contributed by atoms with E-state index in [0.29, 0.717) is 29.1 Å². The lowest BCUT2D eigenvalue weighted by atomic mass is 10.1. The van der Waals surface area contributed by atoms with Crippen LogP contribution < -0.4 is 15.4 Å². The van der Waals surface area contributed by atoms with Crippen LogP contribution in [-0.4, -0.2) is 49.6 Å². The molecule has 0 bridgehead atoms. The largest absolute Gasteiger partial charge is 0.494 e. The molecule has 2 amide bonds. The Kier molecular flexibility index (Phi) is 7.91. The minimum Gasteiger partial charge on any atom is -0.494 e. The van der Waals surface area contributed by atoms with Gasteiger partial charge >= 0.3 is 0 Å². The highest BCUT2D eigenvalue weighted by Crippen LogP contribution is 2.18. The number of carbonyl (C=O) groups is 2. The van der Waals surface area contributed by atoms with Crippen molar-refractivity contribution in [3.63, 3.8) is 0 Å². The number of hydrogen-bond donors (Lipinski definition) is 2. The summed E-state index contributed by atoms with van der Waals surface area (Å²) in [6, 6.07) is 21.7. The van der Waals surface area contributed by atoms with E-state index in [1.165, 1.54) is 5.56 Å². The maximum atomic E-state index is 12.6. The minimum atomic E-state index is -0.224. The van der Waals surface area contributed by atoms with Crippen LogP contribution in [0.1, 0.15) is 33.2 Å². The zero-order valence-corrected chi connectivity index (χ0v) is 19.3. The number of anilines is 2. The third-order valence-electron chi connectivity index (χ3n) is 5.55. The first kappa shape index (κ1) is 23.5. The molecule has 4 rings (SSSR count). The molecule has 0 atom stereocenters. The molecule has 2 N–H and O–H groups in total. The summed E-state index contributed by atoms with van der Waals surface area (Å²) in [5.74, 6) is 0.342. The predicted molar refractivity (Wildman–Crippen MR) is 132 cm³/mol. The van der Waals surface area contributed by atoms with Crippen LogP contribution in [0.4, 0.5) is 11.4 Å². The number of morpholine rings is 1. The molecule has 1 saturated heterocycles. The maximum Gasteiger partial charge on any atom is 0.255 e. The van der Waals surface area contributed by atoms with Crippen LogP contribution >= 0.6 is 0 Å². The van der Waals surface area contributed by atoms with E-state index in [2.05, 4.69) is 15.5 Å². The predicted octanol–water partition coefficient (Wildman–Crippen LogP) is 4.42. The van der Waals surface area contributed by atoms with Crippen LogP contribution in [0.25, 0.3) is 0 Å². The molecule has 34 heavy (non-hydrogen) atoms. The summed E-state index contributed by atoms with van der Waals surface area (Å²) in [6.07, 6.45) is 0. The van der Waals surface area contributed by atoms with Crippen LogP contribution in [0.3, 0.4) is 0 Å². The molecular formula is C27H29N3O4. The van der Waals surface area contributed by atoms with Gasteiger partial charge in [0.15, 0.2) is 0 Å². The van der Waals surface area contributed by atoms with Crippen LogP contribution in [0, 0.1) is 0 Å². The summed E-state index contributed by atoms with van der Waals surface area (Å²) in [4.78, 5) is 27.5. The normalized spacial score (nSPS) is 13.8. The zero-order chi connectivity index (χ0) is 23.8. The van der Waals surface area contributed by atoms with Crippen molar-refractivity contribution in [1.29, 1.82) is 0 Å². The first-order valence-electron chi connectivity index (χ1n) is 11.5. The molecule has 7 nitrogen and oxygen atoms in total. The maximum absolute atomic E-state index is 12.6. The van der Waals surface area contributed by atoms with E-state index in [1.807, 2.05) is 43.3 Å². The molecular weight excluding hydrogens is 430 g/mol. The molecule has 1 aliphatic heterocycles. The quantitative estimate of drug-likeness (QED) is 0.521. The number of nitrogens with zero attached hydrogens (tertiary/aromatic N) is 1. The van der Waals surface area contributed by atoms with E-state index in [9.17, 15) is 9.59 Å². The van der Waals surface area contributed by atoms with Crippen molar-refractivity contribution in [2.24, 2.45) is 0 Å². The van der Waals surface area contributed by atoms with Crippen molar-refractivity contribution in [1.82, 2.24) is 4.90 Å². The van der Waals surface area contributed by atoms with E-state index >= 15 is 0 Å². The van der Waals surface area contributed by atoms with Crippen LogP contribution in [0.15, 0.2) is 72.8 Å². The Morgan fingerprint density at radius 3 is 1.82 bits per heavy atom. The Bertz CT molecular complexity index is 1090. The summed E-state index contributed by atoms with van der Waals surface area (Å²) < 4.78 is 10.8. The van der Waals surface area contributed by atoms with E-state index in [1.54, 1.807) is 36.4 Å². The number of carbonyl (C=O) groups excluding carboxylic acids is 2. The highest BCUT2D eigenvalue weighted by Gasteiger charge is 2.12. The van der Waals surface area contributed by atoms with E-state index in [4.69, 9.17) is 9.47 Å². The van der Waals surface area contributed by atoms with Gasteiger partial charge in [-0.3, -0.25) is 14.5 Å². The molecule has 1 aliphatic rings. The fraction of sp³-hybridized carbons (Fsp3) is 0.259. The molecule has 1 fully saturated rings. The van der Waals surface area contributed by atoms with Gasteiger partial charge in [-0.05, 0) is 73.2 Å². The molecule has 0 saturated carbocycles. The number of ether oxygens (including phenoxy) is 2. The van der Waals surface area contributed by atoms with Gasteiger partial charge in [0.2, 0.25) is 0 Å². The Labute approximate surface area is 199 Å². The molecule has 3 aromatic carbocycles. The number of rotatable bonds is 8. The van der Waals surface area contributed by atoms with Crippen LogP contribution in [0.2, 0.25) is 0 Å². The summed E-state index contributed by atoms with van der Waals surface area (Å²) >= 11 is 0. The van der Waals surface area contributed by atoms with Gasteiger partial charge in [0.1, 0.15) is 5.75 Å². The lowest BCUT2D eigenvalue weighted by Gasteiger charge is -2.26. The monoisotopic (exact) mass is 459 g/mol. The van der Waals surface area contributed by atoms with Crippen LogP contribution in [0.5, 0.6) is 5.75 Å². The van der Waals surface area contributed by atoms with E-state index in [-0.39, 0.29) is 11.8 Å². The standard InChI is InChI=1S/C27H29N3O4/c1-2-34-25-13-11-24(12-14-25)29-27(32)22-7-9-23(10-8-22)28-26(31)21-5-3-20(4-6-21)19-30-15-17-33-18-16-30/h3-14H,2,15-19H2,1H3,(H,28,31)(H,29,32). The number of nitrogens with one attached hydrogen (secondary N) is 2. The van der Waals surface area contributed by atoms with Crippen molar-refractivity contribution in [2.45, 2.75) is 13.5 Å². The van der Waals surface area contributed by atoms with Gasteiger partial charge in [-0.25, -0.2) is 0 Å². The van der Waals surface area contributed by atoms with Crippen molar-refractivity contribution in [2.75, 3.05) is 43.5 Å². The van der Waals surface area contributed by atoms with E-state index in [0.717, 1.165) is 38.6 Å². The second kappa shape index (κ2) is 11.4. The Balaban J connectivity index is 1.30. The summed E-state index contributed by atoms with van der Waals surface area (Å²) in [7, 11) is 0. The van der Waals surface area contributed by atoms with Gasteiger partial charge in [0, 0.05) is 42.1 Å². The number of hydrogen-bond acceptors (Lipinski definition) is 5. The van der Waals surface area contributed by atoms with Gasteiger partial charge in [-0.1, -0.05) is 12.1 Å². The fourth-order valence-electron chi connectivity index (χ4n) is 3.69. The third kappa shape index (κ3) is 6.43. The Morgan fingerprint density at radius 2 is 1.29 bits per heavy atom. The molecule has 0 spiro atoms. The first-order valence-corrected chi connectivity index (χ1v) is 11.5. The molecule has 3 aromatic rings. The van der Waals surface area contributed by atoms with Gasteiger partial charge in [0.05, 0.1) is 19.8 Å². The summed E-state index contributed by atoms with van der Waals surface area (Å²) in [5, 5.41) is 5.74. The molecule has 1 heterocycles. The fourth-order valence-corrected chi connectivity index (χ4v) is 3.69. The molecule has 0 aromatic heterocycles. The Morgan fingerprint density at radius 1 is 0.794 bits per heavy atom. The second-order valence-electron chi connectivity index (χ2n) is 8.03. The topological polar surface area (TPSA) is 79.9 Å². The van der Waals surface area contributed by atoms with Gasteiger partial charge in [-0.2, -0.15) is 0 Å². The molecule has 0 aliphatic carbocycles. The van der Waals surface area contributed by atoms with Crippen molar-refractivity contribution in [3.05, 3.63) is 89.5 Å². The lowest BCUT2D eigenvalue weighted by molar-refractivity contribution is 0.0342. The molecule has 7 heteroatoms. The molecule has 176 valence electrons. The van der Waals surface area contributed by atoms with Crippen molar-refractivity contribution >= 4 is 23.2 Å². The lowest BCUT2D eigenvalue weighted by Crippen LogP contribution is -2.35. The summed E-state index contributed by atoms with van der Waals surface area (Å²) in [6.45, 7) is 6.75. The van der Waals surface area contributed by atoms with Gasteiger partial charge < -0.3 is 20.1 Å². The smallest absolute Gasteiger partial charge is 0.255 e. The number of amides is 2. The highest BCUT2D eigenvalue weighted by molar-refractivity contribution is 6.06. The molecule has 0 unspecified atom stereocenters. The zero-order valence-electron chi connectivity index (χ0n) is 19.3. The third-order valence-corrected chi connectivity index (χ3v) is 5.55. The molecule has 0 radical (unpaired) electrons. The first-order chi connectivity index (χ1) is 16.6. The van der Waals surface area contributed by atoms with Crippen LogP contribution in [-0.2, 0) is 11.3 Å². The van der Waals surface area contributed by atoms with Gasteiger partial charge in [-0.15, -0.1) is 0 Å². The van der Waals surface area contributed by atoms with Crippen molar-refractivity contribution in [3.8, 4) is 5.75 Å². The SMILES string of the molecule is CCOc1ccc(NC(=O)c2ccc(NC(=O)c3ccc(CN4CCOCC4)cc3)cc2)cc1. The average molecular weight is 460 g/mol. The Hall–Kier alpha value is -3.68. The highest BCUT2D eigenvalue weighted by atomic mass is 16.5. The second-order valence-corrected chi connectivity index (χ2v) is 8.03.